The number of ether oxygens (including phenoxy) is 4. The second kappa shape index (κ2) is 9.88. The molecule has 10 nitrogen and oxygen atoms in total. The molecule has 1 aliphatic rings. The summed E-state index contributed by atoms with van der Waals surface area (Å²) in [6.07, 6.45) is 1.45. The molecule has 0 radical (unpaired) electrons. The Kier molecular flexibility index (Phi) is 6.59. The van der Waals surface area contributed by atoms with Gasteiger partial charge in [-0.1, -0.05) is 0 Å². The van der Waals surface area contributed by atoms with E-state index >= 15 is 0 Å². The molecule has 3 aromatic carbocycles. The molecule has 0 atom stereocenters. The van der Waals surface area contributed by atoms with E-state index in [-0.39, 0.29) is 28.0 Å². The van der Waals surface area contributed by atoms with E-state index in [1.807, 2.05) is 0 Å². The predicted molar refractivity (Wildman–Crippen MR) is 139 cm³/mol. The maximum atomic E-state index is 14.1. The van der Waals surface area contributed by atoms with Crippen molar-refractivity contribution in [1.82, 2.24) is 4.98 Å². The van der Waals surface area contributed by atoms with Crippen LogP contribution in [0.25, 0.3) is 11.3 Å². The average Bonchev–Trinajstić information content (AvgIpc) is 3.41. The summed E-state index contributed by atoms with van der Waals surface area (Å²) in [4.78, 5) is 3.85. The van der Waals surface area contributed by atoms with Crippen molar-refractivity contribution >= 4 is 25.7 Å². The molecule has 0 aliphatic carbocycles. The van der Waals surface area contributed by atoms with Crippen LogP contribution in [0.1, 0.15) is 0 Å². The van der Waals surface area contributed by atoms with Gasteiger partial charge in [-0.05, 0) is 78.9 Å². The standard InChI is InChI=1S/C26H22N2O8S2/c1-33-19-6-10-21(11-7-19)37(29,30)28(38(31,32)22-12-8-20(34-2)9-13-22)23-4-3-15-27-26(23)18-5-14-24-25(16-18)36-17-35-24/h3-16H,17H2,1-2H3. The van der Waals surface area contributed by atoms with E-state index in [1.54, 1.807) is 18.2 Å². The Bertz CT molecular complexity index is 1610. The fourth-order valence-corrected chi connectivity index (χ4v) is 7.59. The van der Waals surface area contributed by atoms with Gasteiger partial charge in [0.25, 0.3) is 20.0 Å². The summed E-state index contributed by atoms with van der Waals surface area (Å²) in [6.45, 7) is 0.0394. The summed E-state index contributed by atoms with van der Waals surface area (Å²) >= 11 is 0. The Morgan fingerprint density at radius 1 is 0.737 bits per heavy atom. The largest absolute Gasteiger partial charge is 0.497 e. The highest BCUT2D eigenvalue weighted by molar-refractivity contribution is 8.10. The molecular formula is C26H22N2O8S2. The van der Waals surface area contributed by atoms with Gasteiger partial charge in [0.05, 0.1) is 35.4 Å². The predicted octanol–water partition coefficient (Wildman–Crippen LogP) is 4.08. The van der Waals surface area contributed by atoms with Crippen molar-refractivity contribution in [3.05, 3.63) is 85.1 Å². The lowest BCUT2D eigenvalue weighted by molar-refractivity contribution is 0.174. The fraction of sp³-hybridized carbons (Fsp3) is 0.115. The highest BCUT2D eigenvalue weighted by Gasteiger charge is 2.39. The molecule has 1 aliphatic heterocycles. The fourth-order valence-electron chi connectivity index (χ4n) is 3.89. The number of hydrogen-bond donors (Lipinski definition) is 0. The average molecular weight is 555 g/mol. The van der Waals surface area contributed by atoms with Gasteiger partial charge in [0.2, 0.25) is 6.79 Å². The van der Waals surface area contributed by atoms with E-state index in [0.717, 1.165) is 0 Å². The summed E-state index contributed by atoms with van der Waals surface area (Å²) in [5, 5.41) is 0. The summed E-state index contributed by atoms with van der Waals surface area (Å²) in [5.41, 5.74) is 0.377. The Labute approximate surface area is 220 Å². The Balaban J connectivity index is 1.73. The third-order valence-corrected chi connectivity index (χ3v) is 9.96. The molecule has 12 heteroatoms. The molecule has 0 saturated carbocycles. The first-order chi connectivity index (χ1) is 18.3. The van der Waals surface area contributed by atoms with Gasteiger partial charge in [-0.2, -0.15) is 3.71 Å². The Morgan fingerprint density at radius 3 is 1.84 bits per heavy atom. The maximum Gasteiger partial charge on any atom is 0.277 e. The van der Waals surface area contributed by atoms with Crippen molar-refractivity contribution in [2.45, 2.75) is 9.79 Å². The van der Waals surface area contributed by atoms with Crippen LogP contribution in [0.15, 0.2) is 94.9 Å². The van der Waals surface area contributed by atoms with Gasteiger partial charge < -0.3 is 18.9 Å². The third-order valence-electron chi connectivity index (χ3n) is 5.78. The van der Waals surface area contributed by atoms with Crippen LogP contribution >= 0.6 is 0 Å². The molecule has 0 bridgehead atoms. The van der Waals surface area contributed by atoms with Crippen LogP contribution < -0.4 is 22.7 Å². The molecule has 196 valence electrons. The minimum absolute atomic E-state index is 0.0394. The molecule has 38 heavy (non-hydrogen) atoms. The van der Waals surface area contributed by atoms with Gasteiger partial charge >= 0.3 is 0 Å². The smallest absolute Gasteiger partial charge is 0.277 e. The van der Waals surface area contributed by atoms with Crippen LogP contribution in [-0.2, 0) is 20.0 Å². The van der Waals surface area contributed by atoms with Gasteiger partial charge in [0, 0.05) is 11.8 Å². The van der Waals surface area contributed by atoms with Crippen molar-refractivity contribution in [2.24, 2.45) is 0 Å². The van der Waals surface area contributed by atoms with Crippen LogP contribution in [0.4, 0.5) is 5.69 Å². The number of fused-ring (bicyclic) bond motifs is 1. The molecule has 2 heterocycles. The topological polar surface area (TPSA) is 121 Å². The highest BCUT2D eigenvalue weighted by Crippen LogP contribution is 2.41. The number of pyridine rings is 1. The first-order valence-electron chi connectivity index (χ1n) is 11.2. The Hall–Kier alpha value is -4.29. The molecular weight excluding hydrogens is 532 g/mol. The molecule has 0 saturated heterocycles. The van der Waals surface area contributed by atoms with Crippen molar-refractivity contribution < 1.29 is 35.8 Å². The Morgan fingerprint density at radius 2 is 1.29 bits per heavy atom. The van der Waals surface area contributed by atoms with Crippen molar-refractivity contribution in [2.75, 3.05) is 24.7 Å². The summed E-state index contributed by atoms with van der Waals surface area (Å²) in [7, 11) is -6.48. The number of rotatable bonds is 8. The van der Waals surface area contributed by atoms with Crippen molar-refractivity contribution in [3.8, 4) is 34.3 Å². The van der Waals surface area contributed by atoms with E-state index in [2.05, 4.69) is 4.98 Å². The van der Waals surface area contributed by atoms with E-state index in [1.165, 1.54) is 81.1 Å². The number of nitrogens with zero attached hydrogens (tertiary/aromatic N) is 2. The zero-order chi connectivity index (χ0) is 26.9. The van der Waals surface area contributed by atoms with E-state index < -0.39 is 20.0 Å². The second-order valence-electron chi connectivity index (χ2n) is 8.00. The van der Waals surface area contributed by atoms with Gasteiger partial charge in [-0.15, -0.1) is 0 Å². The lowest BCUT2D eigenvalue weighted by atomic mass is 10.1. The van der Waals surface area contributed by atoms with Gasteiger partial charge in [0.1, 0.15) is 11.5 Å². The molecule has 0 unspecified atom stereocenters. The first kappa shape index (κ1) is 25.4. The zero-order valence-electron chi connectivity index (χ0n) is 20.3. The minimum atomic E-state index is -4.68. The SMILES string of the molecule is COc1ccc(S(=O)(=O)N(c2cccnc2-c2ccc3c(c2)OCO3)S(=O)(=O)c2ccc(OC)cc2)cc1. The second-order valence-corrected chi connectivity index (χ2v) is 11.8. The van der Waals surface area contributed by atoms with Crippen molar-refractivity contribution in [1.29, 1.82) is 0 Å². The highest BCUT2D eigenvalue weighted by atomic mass is 32.3. The molecule has 0 N–H and O–H groups in total. The van der Waals surface area contributed by atoms with Gasteiger partial charge in [0.15, 0.2) is 11.5 Å². The molecule has 4 aromatic rings. The molecule has 1 aromatic heterocycles. The van der Waals surface area contributed by atoms with E-state index in [0.29, 0.717) is 32.3 Å². The summed E-state index contributed by atoms with van der Waals surface area (Å²) < 4.78 is 77.7. The number of hydrogen-bond acceptors (Lipinski definition) is 9. The zero-order valence-corrected chi connectivity index (χ0v) is 21.9. The monoisotopic (exact) mass is 554 g/mol. The quantitative estimate of drug-likeness (QED) is 0.317. The molecule has 0 fully saturated rings. The number of benzene rings is 3. The summed E-state index contributed by atoms with van der Waals surface area (Å²) in [5.74, 6) is 1.77. The number of aromatic nitrogens is 1. The van der Waals surface area contributed by atoms with Crippen LogP contribution in [-0.4, -0.2) is 42.8 Å². The van der Waals surface area contributed by atoms with Gasteiger partial charge in [-0.3, -0.25) is 4.98 Å². The van der Waals surface area contributed by atoms with E-state index in [4.69, 9.17) is 18.9 Å². The maximum absolute atomic E-state index is 14.1. The van der Waals surface area contributed by atoms with Crippen LogP contribution in [0.2, 0.25) is 0 Å². The third kappa shape index (κ3) is 4.48. The normalized spacial score (nSPS) is 12.7. The van der Waals surface area contributed by atoms with E-state index in [9.17, 15) is 16.8 Å². The lowest BCUT2D eigenvalue weighted by Crippen LogP contribution is -2.37. The first-order valence-corrected chi connectivity index (χ1v) is 14.1. The number of methoxy groups -OCH3 is 2. The number of anilines is 1. The van der Waals surface area contributed by atoms with Crippen LogP contribution in [0.5, 0.6) is 23.0 Å². The molecule has 0 spiro atoms. The lowest BCUT2D eigenvalue weighted by Gasteiger charge is -2.26. The van der Waals surface area contributed by atoms with Crippen LogP contribution in [0.3, 0.4) is 0 Å². The molecule has 0 amide bonds. The minimum Gasteiger partial charge on any atom is -0.497 e. The number of sulfonamides is 2. The summed E-state index contributed by atoms with van der Waals surface area (Å²) in [6, 6.07) is 18.6. The van der Waals surface area contributed by atoms with Gasteiger partial charge in [-0.25, -0.2) is 16.8 Å². The molecule has 5 rings (SSSR count). The van der Waals surface area contributed by atoms with Crippen LogP contribution in [0, 0.1) is 0 Å². The van der Waals surface area contributed by atoms with Crippen molar-refractivity contribution in [3.63, 3.8) is 0 Å².